The van der Waals surface area contributed by atoms with Crippen LogP contribution in [0.4, 0.5) is 0 Å². The second-order valence-electron chi connectivity index (χ2n) is 13.5. The van der Waals surface area contributed by atoms with Crippen molar-refractivity contribution in [2.75, 3.05) is 0 Å². The van der Waals surface area contributed by atoms with Crippen LogP contribution in [0.1, 0.15) is 126 Å². The van der Waals surface area contributed by atoms with Gasteiger partial charge in [0.2, 0.25) is 0 Å². The van der Waals surface area contributed by atoms with Gasteiger partial charge in [-0.25, -0.2) is 9.59 Å². The van der Waals surface area contributed by atoms with Crippen LogP contribution in [0.3, 0.4) is 0 Å². The molecule has 0 atom stereocenters. The standard InChI is InChI=1S/2C15H22O3.BH3.K.H/c2*1-14(2,3)9-7-10(13(17)18)12(16)11(8-9)15(4,5)6;;;/h2*7-8,16H,1-6H3,(H,17,18);1H3;;. The molecule has 2 rings (SSSR count). The molecule has 0 spiro atoms. The van der Waals surface area contributed by atoms with Crippen molar-refractivity contribution in [3.8, 4) is 11.5 Å². The van der Waals surface area contributed by atoms with Crippen molar-refractivity contribution in [1.82, 2.24) is 0 Å². The number of benzene rings is 2. The number of carbonyl (C=O) groups is 2. The number of rotatable bonds is 2. The molecule has 0 saturated carbocycles. The zero-order valence-corrected chi connectivity index (χ0v) is 23.9. The monoisotopic (exact) mass is 554 g/mol. The summed E-state index contributed by atoms with van der Waals surface area (Å²) in [5.41, 5.74) is 2.24. The Morgan fingerprint density at radius 2 is 0.763 bits per heavy atom. The van der Waals surface area contributed by atoms with E-state index in [1.165, 1.54) is 0 Å². The van der Waals surface area contributed by atoms with E-state index in [0.29, 0.717) is 11.1 Å². The zero-order chi connectivity index (χ0) is 28.6. The molecule has 0 saturated heterocycles. The fourth-order valence-corrected chi connectivity index (χ4v) is 3.60. The van der Waals surface area contributed by atoms with Gasteiger partial charge >= 0.3 is 63.3 Å². The summed E-state index contributed by atoms with van der Waals surface area (Å²) in [5.74, 6) is -2.43. The molecule has 8 heteroatoms. The number of aromatic hydroxyl groups is 2. The first-order chi connectivity index (χ1) is 15.9. The van der Waals surface area contributed by atoms with Crippen LogP contribution >= 0.6 is 0 Å². The number of hydrogen-bond acceptors (Lipinski definition) is 4. The van der Waals surface area contributed by atoms with Crippen molar-refractivity contribution < 1.29 is 30.0 Å². The minimum absolute atomic E-state index is 0. The molecule has 2 aromatic carbocycles. The van der Waals surface area contributed by atoms with E-state index in [1.54, 1.807) is 12.1 Å². The normalized spacial score (nSPS) is 11.9. The van der Waals surface area contributed by atoms with E-state index in [-0.39, 0.29) is 104 Å². The topological polar surface area (TPSA) is 115 Å². The van der Waals surface area contributed by atoms with Crippen LogP contribution in [0.25, 0.3) is 0 Å². The molecule has 208 valence electrons. The van der Waals surface area contributed by atoms with E-state index in [9.17, 15) is 30.0 Å². The number of phenols is 2. The molecule has 0 aliphatic carbocycles. The summed E-state index contributed by atoms with van der Waals surface area (Å²) < 4.78 is 0. The van der Waals surface area contributed by atoms with Crippen molar-refractivity contribution in [2.24, 2.45) is 0 Å². The van der Waals surface area contributed by atoms with Gasteiger partial charge in [-0.05, 0) is 44.9 Å². The number of hydrogen-bond donors (Lipinski definition) is 4. The maximum atomic E-state index is 11.2. The summed E-state index contributed by atoms with van der Waals surface area (Å²) in [6.07, 6.45) is 0. The molecule has 0 radical (unpaired) electrons. The van der Waals surface area contributed by atoms with Gasteiger partial charge in [-0.2, -0.15) is 0 Å². The SMILES string of the molecule is B.CC(C)(C)c1cc(C(=O)O)c(O)c(C(C)(C)C)c1.CC(C)(C)c1cc(C(=O)O)c(O)c(C(C)(C)C)c1.[KH]. The Balaban J connectivity index is 0. The quantitative estimate of drug-likeness (QED) is 0.363. The summed E-state index contributed by atoms with van der Waals surface area (Å²) in [5, 5.41) is 38.6. The molecule has 0 heterocycles. The van der Waals surface area contributed by atoms with E-state index >= 15 is 0 Å². The van der Waals surface area contributed by atoms with Crippen LogP contribution in [0.5, 0.6) is 11.5 Å². The van der Waals surface area contributed by atoms with Gasteiger partial charge in [-0.3, -0.25) is 0 Å². The molecular weight excluding hydrogens is 506 g/mol. The predicted molar refractivity (Wildman–Crippen MR) is 162 cm³/mol. The number of aromatic carboxylic acids is 2. The summed E-state index contributed by atoms with van der Waals surface area (Å²) in [6, 6.07) is 6.93. The molecule has 2 aromatic rings. The summed E-state index contributed by atoms with van der Waals surface area (Å²) in [6.45, 7) is 23.9. The van der Waals surface area contributed by atoms with Crippen molar-refractivity contribution in [1.29, 1.82) is 0 Å². The second-order valence-corrected chi connectivity index (χ2v) is 13.5. The molecular formula is C30H48BKO6. The average molecular weight is 555 g/mol. The first kappa shape index (κ1) is 38.8. The molecule has 0 fully saturated rings. The van der Waals surface area contributed by atoms with Crippen LogP contribution in [-0.4, -0.2) is 92.2 Å². The second kappa shape index (κ2) is 13.4. The molecule has 0 bridgehead atoms. The van der Waals surface area contributed by atoms with Gasteiger partial charge in [0.25, 0.3) is 0 Å². The van der Waals surface area contributed by atoms with Gasteiger partial charge in [-0.1, -0.05) is 95.2 Å². The van der Waals surface area contributed by atoms with Crippen LogP contribution in [0, 0.1) is 0 Å². The van der Waals surface area contributed by atoms with Crippen molar-refractivity contribution in [3.05, 3.63) is 57.6 Å². The van der Waals surface area contributed by atoms with Crippen molar-refractivity contribution >= 4 is 71.7 Å². The van der Waals surface area contributed by atoms with Gasteiger partial charge in [0, 0.05) is 11.1 Å². The molecule has 6 nitrogen and oxygen atoms in total. The molecule has 0 amide bonds. The van der Waals surface area contributed by atoms with Crippen molar-refractivity contribution in [2.45, 2.75) is 105 Å². The Morgan fingerprint density at radius 1 is 0.526 bits per heavy atom. The predicted octanol–water partition coefficient (Wildman–Crippen LogP) is 5.54. The van der Waals surface area contributed by atoms with Gasteiger partial charge in [0.15, 0.2) is 0 Å². The zero-order valence-electron chi connectivity index (χ0n) is 23.9. The summed E-state index contributed by atoms with van der Waals surface area (Å²) >= 11 is 0. The molecule has 0 aromatic heterocycles. The first-order valence-corrected chi connectivity index (χ1v) is 12.1. The van der Waals surface area contributed by atoms with Gasteiger partial charge in [0.1, 0.15) is 22.6 Å². The van der Waals surface area contributed by atoms with E-state index in [1.807, 2.05) is 95.2 Å². The fraction of sp³-hybridized carbons (Fsp3) is 0.533. The fourth-order valence-electron chi connectivity index (χ4n) is 3.60. The minimum atomic E-state index is -1.09. The van der Waals surface area contributed by atoms with E-state index in [2.05, 4.69) is 0 Å². The Bertz CT molecular complexity index is 1050. The first-order valence-electron chi connectivity index (χ1n) is 12.1. The third kappa shape index (κ3) is 10.0. The summed E-state index contributed by atoms with van der Waals surface area (Å²) in [4.78, 5) is 22.4. The molecule has 38 heavy (non-hydrogen) atoms. The van der Waals surface area contributed by atoms with Crippen LogP contribution in [0.15, 0.2) is 24.3 Å². The Labute approximate surface area is 273 Å². The van der Waals surface area contributed by atoms with Crippen LogP contribution in [-0.2, 0) is 21.7 Å². The molecule has 4 N–H and O–H groups in total. The van der Waals surface area contributed by atoms with E-state index in [0.717, 1.165) is 11.1 Å². The Morgan fingerprint density at radius 3 is 0.921 bits per heavy atom. The molecule has 0 aliphatic heterocycles. The van der Waals surface area contributed by atoms with Crippen LogP contribution < -0.4 is 0 Å². The summed E-state index contributed by atoms with van der Waals surface area (Å²) in [7, 11) is 0. The number of carboxylic acids is 2. The van der Waals surface area contributed by atoms with E-state index in [4.69, 9.17) is 0 Å². The number of carboxylic acid groups (broad SMARTS) is 2. The maximum absolute atomic E-state index is 11.2. The Hall–Kier alpha value is -1.32. The van der Waals surface area contributed by atoms with Crippen molar-refractivity contribution in [3.63, 3.8) is 0 Å². The van der Waals surface area contributed by atoms with E-state index < -0.39 is 11.9 Å². The van der Waals surface area contributed by atoms with Gasteiger partial charge in [0.05, 0.1) is 8.41 Å². The van der Waals surface area contributed by atoms with Gasteiger partial charge < -0.3 is 20.4 Å². The van der Waals surface area contributed by atoms with Gasteiger partial charge in [-0.15, -0.1) is 0 Å². The van der Waals surface area contributed by atoms with Crippen LogP contribution in [0.2, 0.25) is 0 Å². The molecule has 0 unspecified atom stereocenters. The third-order valence-corrected chi connectivity index (χ3v) is 6.03. The third-order valence-electron chi connectivity index (χ3n) is 6.03. The average Bonchev–Trinajstić information content (AvgIpc) is 2.64. The Kier molecular flexibility index (Phi) is 13.6. The molecule has 0 aliphatic rings.